The first kappa shape index (κ1) is 18.5. The van der Waals surface area contributed by atoms with Gasteiger partial charge in [0.25, 0.3) is 5.91 Å². The van der Waals surface area contributed by atoms with Gasteiger partial charge in [0.2, 0.25) is 0 Å². The van der Waals surface area contributed by atoms with E-state index < -0.39 is 0 Å². The standard InChI is InChI=1S/C20H28N4O2/c1-20(2,15-6-4-8-17(12-15)26-3)14-22-19(25)18-9-11-24(23-18)16-7-5-10-21-13-16/h4,6,8-9,11-12,16,21H,5,7,10,13-14H2,1-3H3,(H,22,25). The molecule has 0 bridgehead atoms. The zero-order valence-electron chi connectivity index (χ0n) is 15.8. The Labute approximate surface area is 154 Å². The summed E-state index contributed by atoms with van der Waals surface area (Å²) in [5.41, 5.74) is 1.38. The molecule has 1 aliphatic rings. The van der Waals surface area contributed by atoms with Crippen molar-refractivity contribution in [3.05, 3.63) is 47.8 Å². The molecular formula is C20H28N4O2. The lowest BCUT2D eigenvalue weighted by Gasteiger charge is -2.26. The molecule has 0 radical (unpaired) electrons. The van der Waals surface area contributed by atoms with Crippen LogP contribution in [0.25, 0.3) is 0 Å². The van der Waals surface area contributed by atoms with Gasteiger partial charge in [0.15, 0.2) is 0 Å². The summed E-state index contributed by atoms with van der Waals surface area (Å²) in [6.45, 7) is 6.70. The second kappa shape index (κ2) is 7.91. The molecule has 3 rings (SSSR count). The van der Waals surface area contributed by atoms with Crippen LogP contribution in [0, 0.1) is 0 Å². The van der Waals surface area contributed by atoms with Gasteiger partial charge in [-0.1, -0.05) is 26.0 Å². The molecular weight excluding hydrogens is 328 g/mol. The topological polar surface area (TPSA) is 68.2 Å². The first-order chi connectivity index (χ1) is 12.5. The maximum absolute atomic E-state index is 12.5. The van der Waals surface area contributed by atoms with Crippen LogP contribution in [-0.2, 0) is 5.41 Å². The van der Waals surface area contributed by atoms with E-state index in [1.54, 1.807) is 13.2 Å². The minimum absolute atomic E-state index is 0.136. The van der Waals surface area contributed by atoms with E-state index in [4.69, 9.17) is 4.74 Å². The smallest absolute Gasteiger partial charge is 0.271 e. The summed E-state index contributed by atoms with van der Waals surface area (Å²) in [5, 5.41) is 10.9. The second-order valence-electron chi connectivity index (χ2n) is 7.48. The number of carbonyl (C=O) groups is 1. The van der Waals surface area contributed by atoms with Crippen molar-refractivity contribution in [2.24, 2.45) is 0 Å². The van der Waals surface area contributed by atoms with Crippen LogP contribution in [0.4, 0.5) is 0 Å². The predicted molar refractivity (Wildman–Crippen MR) is 102 cm³/mol. The Kier molecular flexibility index (Phi) is 5.61. The molecule has 1 aromatic heterocycles. The maximum Gasteiger partial charge on any atom is 0.271 e. The highest BCUT2D eigenvalue weighted by molar-refractivity contribution is 5.92. The van der Waals surface area contributed by atoms with Gasteiger partial charge in [-0.3, -0.25) is 9.48 Å². The van der Waals surface area contributed by atoms with Crippen LogP contribution < -0.4 is 15.4 Å². The minimum Gasteiger partial charge on any atom is -0.497 e. The minimum atomic E-state index is -0.208. The molecule has 6 nitrogen and oxygen atoms in total. The number of benzene rings is 1. The number of nitrogens with zero attached hydrogens (tertiary/aromatic N) is 2. The molecule has 2 N–H and O–H groups in total. The molecule has 0 aliphatic carbocycles. The fourth-order valence-corrected chi connectivity index (χ4v) is 3.26. The third kappa shape index (κ3) is 4.25. The van der Waals surface area contributed by atoms with Gasteiger partial charge in [0.1, 0.15) is 11.4 Å². The van der Waals surface area contributed by atoms with Gasteiger partial charge in [0, 0.05) is 24.7 Å². The van der Waals surface area contributed by atoms with Crippen LogP contribution in [0.5, 0.6) is 5.75 Å². The lowest BCUT2D eigenvalue weighted by Crippen LogP contribution is -2.37. The van der Waals surface area contributed by atoms with Crippen LogP contribution >= 0.6 is 0 Å². The van der Waals surface area contributed by atoms with Gasteiger partial charge in [0.05, 0.1) is 13.2 Å². The normalized spacial score (nSPS) is 17.7. The van der Waals surface area contributed by atoms with Crippen molar-refractivity contribution in [1.29, 1.82) is 0 Å². The Morgan fingerprint density at radius 3 is 3.00 bits per heavy atom. The summed E-state index contributed by atoms with van der Waals surface area (Å²) in [4.78, 5) is 12.5. The van der Waals surface area contributed by atoms with E-state index in [-0.39, 0.29) is 11.3 Å². The van der Waals surface area contributed by atoms with Crippen LogP contribution in [-0.4, -0.2) is 42.4 Å². The summed E-state index contributed by atoms with van der Waals surface area (Å²) < 4.78 is 7.21. The van der Waals surface area contributed by atoms with E-state index in [0.29, 0.717) is 18.3 Å². The average molecular weight is 356 g/mol. The van der Waals surface area contributed by atoms with Crippen molar-refractivity contribution >= 4 is 5.91 Å². The molecule has 1 atom stereocenters. The Hall–Kier alpha value is -2.34. The van der Waals surface area contributed by atoms with Crippen molar-refractivity contribution in [2.75, 3.05) is 26.7 Å². The average Bonchev–Trinajstić information content (AvgIpc) is 3.17. The molecule has 2 heterocycles. The number of aromatic nitrogens is 2. The highest BCUT2D eigenvalue weighted by atomic mass is 16.5. The van der Waals surface area contributed by atoms with E-state index in [2.05, 4.69) is 35.6 Å². The third-order valence-electron chi connectivity index (χ3n) is 5.03. The van der Waals surface area contributed by atoms with Crippen molar-refractivity contribution < 1.29 is 9.53 Å². The van der Waals surface area contributed by atoms with Gasteiger partial charge < -0.3 is 15.4 Å². The largest absolute Gasteiger partial charge is 0.497 e. The van der Waals surface area contributed by atoms with E-state index >= 15 is 0 Å². The number of hydrogen-bond donors (Lipinski definition) is 2. The SMILES string of the molecule is COc1cccc(C(C)(C)CNC(=O)c2ccn(C3CCCNC3)n2)c1. The van der Waals surface area contributed by atoms with Crippen molar-refractivity contribution in [3.8, 4) is 5.75 Å². The van der Waals surface area contributed by atoms with Crippen molar-refractivity contribution in [3.63, 3.8) is 0 Å². The summed E-state index contributed by atoms with van der Waals surface area (Å²) in [5.74, 6) is 0.685. The highest BCUT2D eigenvalue weighted by Gasteiger charge is 2.23. The number of methoxy groups -OCH3 is 1. The van der Waals surface area contributed by atoms with Crippen LogP contribution in [0.3, 0.4) is 0 Å². The van der Waals surface area contributed by atoms with Crippen LogP contribution in [0.2, 0.25) is 0 Å². The number of rotatable bonds is 6. The Balaban J connectivity index is 1.61. The fourth-order valence-electron chi connectivity index (χ4n) is 3.26. The lowest BCUT2D eigenvalue weighted by atomic mass is 9.84. The van der Waals surface area contributed by atoms with Crippen LogP contribution in [0.1, 0.15) is 48.8 Å². The van der Waals surface area contributed by atoms with Gasteiger partial charge in [-0.05, 0) is 43.1 Å². The number of carbonyl (C=O) groups excluding carboxylic acids is 1. The first-order valence-electron chi connectivity index (χ1n) is 9.18. The predicted octanol–water partition coefficient (Wildman–Crippen LogP) is 2.52. The van der Waals surface area contributed by atoms with E-state index in [9.17, 15) is 4.79 Å². The third-order valence-corrected chi connectivity index (χ3v) is 5.03. The quantitative estimate of drug-likeness (QED) is 0.835. The number of amides is 1. The molecule has 26 heavy (non-hydrogen) atoms. The Morgan fingerprint density at radius 1 is 1.42 bits per heavy atom. The molecule has 1 aliphatic heterocycles. The van der Waals surface area contributed by atoms with E-state index in [0.717, 1.165) is 37.2 Å². The molecule has 1 fully saturated rings. The van der Waals surface area contributed by atoms with Crippen LogP contribution in [0.15, 0.2) is 36.5 Å². The summed E-state index contributed by atoms with van der Waals surface area (Å²) >= 11 is 0. The molecule has 1 amide bonds. The van der Waals surface area contributed by atoms with E-state index in [1.165, 1.54) is 0 Å². The summed E-state index contributed by atoms with van der Waals surface area (Å²) in [6, 6.07) is 10.1. The number of hydrogen-bond acceptors (Lipinski definition) is 4. The monoisotopic (exact) mass is 356 g/mol. The molecule has 6 heteroatoms. The fraction of sp³-hybridized carbons (Fsp3) is 0.500. The van der Waals surface area contributed by atoms with Gasteiger partial charge in [-0.2, -0.15) is 5.10 Å². The molecule has 1 aromatic carbocycles. The molecule has 0 spiro atoms. The molecule has 140 valence electrons. The molecule has 0 saturated carbocycles. The lowest BCUT2D eigenvalue weighted by molar-refractivity contribution is 0.0939. The van der Waals surface area contributed by atoms with Crippen molar-refractivity contribution in [2.45, 2.75) is 38.1 Å². The molecule has 1 unspecified atom stereocenters. The molecule has 2 aromatic rings. The first-order valence-corrected chi connectivity index (χ1v) is 9.18. The Morgan fingerprint density at radius 2 is 2.27 bits per heavy atom. The molecule has 1 saturated heterocycles. The van der Waals surface area contributed by atoms with E-state index in [1.807, 2.05) is 29.1 Å². The maximum atomic E-state index is 12.5. The second-order valence-corrected chi connectivity index (χ2v) is 7.48. The zero-order valence-corrected chi connectivity index (χ0v) is 15.8. The zero-order chi connectivity index (χ0) is 18.6. The number of nitrogens with one attached hydrogen (secondary N) is 2. The summed E-state index contributed by atoms with van der Waals surface area (Å²) in [7, 11) is 1.66. The van der Waals surface area contributed by atoms with Gasteiger partial charge in [-0.25, -0.2) is 0 Å². The van der Waals surface area contributed by atoms with Gasteiger partial charge in [-0.15, -0.1) is 0 Å². The van der Waals surface area contributed by atoms with Gasteiger partial charge >= 0.3 is 0 Å². The summed E-state index contributed by atoms with van der Waals surface area (Å²) in [6.07, 6.45) is 4.14. The number of ether oxygens (including phenoxy) is 1. The highest BCUT2D eigenvalue weighted by Crippen LogP contribution is 2.26. The van der Waals surface area contributed by atoms with Crippen molar-refractivity contribution in [1.82, 2.24) is 20.4 Å². The number of piperidine rings is 1. The Bertz CT molecular complexity index is 748.